The van der Waals surface area contributed by atoms with E-state index in [-0.39, 0.29) is 29.1 Å². The van der Waals surface area contributed by atoms with Crippen molar-refractivity contribution in [1.29, 1.82) is 0 Å². The van der Waals surface area contributed by atoms with Gasteiger partial charge in [-0.2, -0.15) is 0 Å². The average Bonchev–Trinajstić information content (AvgIpc) is 1.53. The number of hydrogen-bond acceptors (Lipinski definition) is 2. The van der Waals surface area contributed by atoms with E-state index >= 15 is 0 Å². The van der Waals surface area contributed by atoms with Gasteiger partial charge in [0.15, 0.2) is 5.12 Å². The molecule has 0 aliphatic rings. The maximum atomic E-state index is 10.7. The average molecular weight is 303 g/mol. The lowest BCUT2D eigenvalue weighted by molar-refractivity contribution is -0.869. The molecule has 0 saturated carbocycles. The summed E-state index contributed by atoms with van der Waals surface area (Å²) in [4.78, 5) is 10.7. The van der Waals surface area contributed by atoms with E-state index in [0.29, 0.717) is 5.25 Å². The van der Waals surface area contributed by atoms with Crippen molar-refractivity contribution in [1.82, 2.24) is 0 Å². The number of halogens is 1. The van der Waals surface area contributed by atoms with Gasteiger partial charge < -0.3 is 28.5 Å². The first-order chi connectivity index (χ1) is 4.81. The Balaban J connectivity index is 0. The molecule has 2 nitrogen and oxygen atoms in total. The Kier molecular flexibility index (Phi) is 7.86. The third-order valence-electron chi connectivity index (χ3n) is 1.17. The van der Waals surface area contributed by atoms with Crippen LogP contribution >= 0.6 is 11.8 Å². The minimum atomic E-state index is 0. The topological polar surface area (TPSA) is 17.1 Å². The lowest BCUT2D eigenvalue weighted by Crippen LogP contribution is -3.00. The van der Waals surface area contributed by atoms with Crippen molar-refractivity contribution in [3.05, 3.63) is 0 Å². The lowest BCUT2D eigenvalue weighted by atomic mass is 10.4. The van der Waals surface area contributed by atoms with Gasteiger partial charge in [0, 0.05) is 6.92 Å². The highest BCUT2D eigenvalue weighted by Crippen LogP contribution is 2.13. The number of carbonyl (C=O) groups is 1. The minimum absolute atomic E-state index is 0. The number of quaternary nitrogens is 1. The quantitative estimate of drug-likeness (QED) is 0.460. The smallest absolute Gasteiger partial charge is 0.186 e. The summed E-state index contributed by atoms with van der Waals surface area (Å²) < 4.78 is 0.918. The van der Waals surface area contributed by atoms with Crippen LogP contribution in [-0.2, 0) is 4.79 Å². The van der Waals surface area contributed by atoms with E-state index in [9.17, 15) is 4.79 Å². The van der Waals surface area contributed by atoms with E-state index in [1.807, 2.05) is 0 Å². The highest BCUT2D eigenvalue weighted by atomic mass is 127. The largest absolute Gasteiger partial charge is 1.00 e. The molecule has 1 unspecified atom stereocenters. The molecule has 4 heteroatoms. The van der Waals surface area contributed by atoms with E-state index < -0.39 is 0 Å². The molecular formula is C8H18INOS. The van der Waals surface area contributed by atoms with Crippen molar-refractivity contribution in [2.45, 2.75) is 19.1 Å². The van der Waals surface area contributed by atoms with E-state index in [2.05, 4.69) is 28.1 Å². The van der Waals surface area contributed by atoms with E-state index in [1.54, 1.807) is 6.92 Å². The van der Waals surface area contributed by atoms with Gasteiger partial charge in [-0.15, -0.1) is 0 Å². The van der Waals surface area contributed by atoms with Gasteiger partial charge in [-0.3, -0.25) is 4.79 Å². The summed E-state index contributed by atoms with van der Waals surface area (Å²) in [6.45, 7) is 4.75. The molecule has 0 fully saturated rings. The zero-order chi connectivity index (χ0) is 9.07. The van der Waals surface area contributed by atoms with Crippen LogP contribution < -0.4 is 24.0 Å². The van der Waals surface area contributed by atoms with Gasteiger partial charge in [-0.1, -0.05) is 11.8 Å². The molecule has 74 valence electrons. The van der Waals surface area contributed by atoms with Crippen LogP contribution in [0.3, 0.4) is 0 Å². The molecule has 0 aromatic rings. The monoisotopic (exact) mass is 303 g/mol. The Morgan fingerprint density at radius 3 is 2.08 bits per heavy atom. The Bertz CT molecular complexity index is 144. The lowest BCUT2D eigenvalue weighted by Gasteiger charge is -2.26. The summed E-state index contributed by atoms with van der Waals surface area (Å²) >= 11 is 1.43. The number of nitrogens with zero attached hydrogens (tertiary/aromatic N) is 1. The van der Waals surface area contributed by atoms with Gasteiger partial charge in [-0.05, 0) is 6.92 Å². The Labute approximate surface area is 96.7 Å². The molecule has 0 spiro atoms. The summed E-state index contributed by atoms with van der Waals surface area (Å²) in [6.07, 6.45) is 0. The summed E-state index contributed by atoms with van der Waals surface area (Å²) in [6, 6.07) is 0. The Morgan fingerprint density at radius 2 is 1.83 bits per heavy atom. The summed E-state index contributed by atoms with van der Waals surface area (Å²) in [7, 11) is 6.41. The molecule has 0 N–H and O–H groups in total. The molecule has 0 aliphatic heterocycles. The third kappa shape index (κ3) is 10.7. The normalized spacial score (nSPS) is 13.4. The minimum Gasteiger partial charge on any atom is -1.00 e. The second kappa shape index (κ2) is 6.21. The van der Waals surface area contributed by atoms with Crippen molar-refractivity contribution < 1.29 is 33.3 Å². The van der Waals surface area contributed by atoms with E-state index in [0.717, 1.165) is 11.0 Å². The highest BCUT2D eigenvalue weighted by Gasteiger charge is 2.15. The number of rotatable bonds is 3. The zero-order valence-corrected chi connectivity index (χ0v) is 11.4. The molecule has 0 radical (unpaired) electrons. The maximum Gasteiger partial charge on any atom is 0.186 e. The van der Waals surface area contributed by atoms with Gasteiger partial charge in [0.25, 0.3) is 0 Å². The number of thioether (sulfide) groups is 1. The third-order valence-corrected chi connectivity index (χ3v) is 2.06. The van der Waals surface area contributed by atoms with Crippen LogP contribution in [0.1, 0.15) is 13.8 Å². The van der Waals surface area contributed by atoms with Crippen LogP contribution in [0.5, 0.6) is 0 Å². The van der Waals surface area contributed by atoms with Crippen molar-refractivity contribution in [3.63, 3.8) is 0 Å². The molecule has 0 saturated heterocycles. The Morgan fingerprint density at radius 1 is 1.42 bits per heavy atom. The first-order valence-electron chi connectivity index (χ1n) is 3.79. The molecular weight excluding hydrogens is 285 g/mol. The van der Waals surface area contributed by atoms with Crippen LogP contribution in [0.25, 0.3) is 0 Å². The van der Waals surface area contributed by atoms with Crippen LogP contribution in [0.4, 0.5) is 0 Å². The van der Waals surface area contributed by atoms with Crippen LogP contribution in [0, 0.1) is 0 Å². The molecule has 0 rings (SSSR count). The van der Waals surface area contributed by atoms with Crippen molar-refractivity contribution in [2.24, 2.45) is 0 Å². The second-order valence-corrected chi connectivity index (χ2v) is 5.51. The van der Waals surface area contributed by atoms with Gasteiger partial charge in [0.1, 0.15) is 0 Å². The standard InChI is InChI=1S/C8H18NOS.HI/c1-7(11-8(2)10)6-9(3,4)5;/h7H,6H2,1-5H3;1H/q+1;/p-1. The first kappa shape index (κ1) is 15.2. The van der Waals surface area contributed by atoms with Gasteiger partial charge in [0.05, 0.1) is 32.9 Å². The molecule has 12 heavy (non-hydrogen) atoms. The van der Waals surface area contributed by atoms with Gasteiger partial charge in [0.2, 0.25) is 0 Å². The van der Waals surface area contributed by atoms with Crippen molar-refractivity contribution >= 4 is 16.9 Å². The first-order valence-corrected chi connectivity index (χ1v) is 4.67. The van der Waals surface area contributed by atoms with Crippen LogP contribution in [0.2, 0.25) is 0 Å². The summed E-state index contributed by atoms with van der Waals surface area (Å²) in [5.74, 6) is 0. The fourth-order valence-electron chi connectivity index (χ4n) is 1.09. The molecule has 0 bridgehead atoms. The van der Waals surface area contributed by atoms with Crippen molar-refractivity contribution in [3.8, 4) is 0 Å². The molecule has 0 aliphatic carbocycles. The Hall–Kier alpha value is 0.710. The molecule has 1 atom stereocenters. The number of carbonyl (C=O) groups excluding carboxylic acids is 1. The zero-order valence-electron chi connectivity index (χ0n) is 8.43. The number of hydrogen-bond donors (Lipinski definition) is 0. The van der Waals surface area contributed by atoms with Gasteiger partial charge in [-0.25, -0.2) is 0 Å². The van der Waals surface area contributed by atoms with E-state index in [1.165, 1.54) is 11.8 Å². The summed E-state index contributed by atoms with van der Waals surface area (Å²) in [5, 5.41) is 0.637. The van der Waals surface area contributed by atoms with Gasteiger partial charge >= 0.3 is 0 Å². The highest BCUT2D eigenvalue weighted by molar-refractivity contribution is 8.14. The van der Waals surface area contributed by atoms with Crippen LogP contribution in [0.15, 0.2) is 0 Å². The van der Waals surface area contributed by atoms with Crippen molar-refractivity contribution in [2.75, 3.05) is 27.7 Å². The summed E-state index contributed by atoms with van der Waals surface area (Å²) in [5.41, 5.74) is 0. The molecule has 0 aromatic heterocycles. The fraction of sp³-hybridized carbons (Fsp3) is 0.875. The van der Waals surface area contributed by atoms with Crippen LogP contribution in [-0.4, -0.2) is 42.5 Å². The second-order valence-electron chi connectivity index (χ2n) is 3.89. The fourth-order valence-corrected chi connectivity index (χ4v) is 2.18. The predicted octanol–water partition coefficient (Wildman–Crippen LogP) is -1.64. The van der Waals surface area contributed by atoms with E-state index in [4.69, 9.17) is 0 Å². The SMILES string of the molecule is CC(=O)SC(C)C[N+](C)(C)C.[I-]. The molecule has 0 amide bonds. The molecule has 0 aromatic carbocycles. The predicted molar refractivity (Wildman–Crippen MR) is 50.6 cm³/mol. The maximum absolute atomic E-state index is 10.7. The molecule has 0 heterocycles.